The lowest BCUT2D eigenvalue weighted by atomic mass is 9.99. The number of amides is 16. The minimum absolute atomic E-state index is 0.00834. The van der Waals surface area contributed by atoms with E-state index in [1.165, 1.54) is 62.3 Å². The quantitative estimate of drug-likeness (QED) is 0.0233. The number of carbonyl (C=O) groups excluding carboxylic acids is 16. The number of alkyl halides is 3. The van der Waals surface area contributed by atoms with Crippen LogP contribution in [0.3, 0.4) is 0 Å². The van der Waals surface area contributed by atoms with Crippen molar-refractivity contribution in [3.8, 4) is 0 Å². The number of unbranched alkanes of at least 4 members (excludes halogenated alkanes) is 1. The molecule has 35 nitrogen and oxygen atoms in total. The van der Waals surface area contributed by atoms with E-state index in [2.05, 4.69) is 85.2 Å². The van der Waals surface area contributed by atoms with Gasteiger partial charge in [0.1, 0.15) is 72.4 Å². The van der Waals surface area contributed by atoms with Gasteiger partial charge in [0.25, 0.3) is 0 Å². The maximum Gasteiger partial charge on any atom is 0.430 e. The Morgan fingerprint density at radius 2 is 1.02 bits per heavy atom. The van der Waals surface area contributed by atoms with Crippen molar-refractivity contribution in [1.29, 1.82) is 0 Å². The molecule has 666 valence electrons. The van der Waals surface area contributed by atoms with Crippen LogP contribution in [0.25, 0.3) is 10.8 Å². The molecule has 124 heavy (non-hydrogen) atoms. The second-order valence-electron chi connectivity index (χ2n) is 30.8. The molecular weight excluding hydrogens is 1640 g/mol. The van der Waals surface area contributed by atoms with Crippen LogP contribution in [0, 0.1) is 5.92 Å². The Morgan fingerprint density at radius 1 is 0.556 bits per heavy atom. The summed E-state index contributed by atoms with van der Waals surface area (Å²) in [6.45, 7) is 11.2. The number of nitrogens with zero attached hydrogens (tertiary/aromatic N) is 2. The lowest BCUT2D eigenvalue weighted by molar-refractivity contribution is -0.344. The molecular formula is C85H105ClF3N17O18. The van der Waals surface area contributed by atoms with Crippen LogP contribution in [0.5, 0.6) is 0 Å². The number of carboxylic acid groups (broad SMARTS) is 1. The number of halogens is 4. The zero-order valence-corrected chi connectivity index (χ0v) is 70.1. The van der Waals surface area contributed by atoms with Crippen LogP contribution >= 0.6 is 11.6 Å². The first-order valence-electron chi connectivity index (χ1n) is 40.2. The number of rotatable bonds is 41. The summed E-state index contributed by atoms with van der Waals surface area (Å²) < 4.78 is 31.5. The van der Waals surface area contributed by atoms with Crippen molar-refractivity contribution < 1.29 is 106 Å². The molecule has 0 spiro atoms. The number of aliphatic hydroxyl groups is 1. The molecule has 2 fully saturated rings. The Hall–Kier alpha value is -12.8. The molecule has 8 rings (SSSR count). The number of likely N-dealkylation sites (tertiary alicyclic amines) is 1. The van der Waals surface area contributed by atoms with Gasteiger partial charge in [-0.3, -0.25) is 78.4 Å². The summed E-state index contributed by atoms with van der Waals surface area (Å²) in [5, 5.41) is 59.6. The lowest BCUT2D eigenvalue weighted by Crippen LogP contribution is -2.66. The SMILES string of the molecule is CC(=O)Nc1ccc(C[C@@H](NC(=O)[C@H](Cc2ccc(NC(=O)[C@H]3CC(=O)NC(=O)N3)cc2)NC(=O)[C@H](CO)NC(=O)[C@@H](Cc2cccnc2)NC(=O)[C@@H](Cc2ccc(Cl)cc2)NC(=O)[C@@H](Cc2ccc3ccccc3c2)NC(C)=O)C(=O)N[C@@H](CC(C)C)C(=O)N[C@@H](CCCCNC(C)C)C(=O)N2CCC[C@H]2C(=O)N[C@H](C)C([NH3+])=O)cc1.O=C([O-])C(F)(F)F. The molecule has 39 heteroatoms. The number of imide groups is 1. The Balaban J connectivity index is 0.00000289. The van der Waals surface area contributed by atoms with Gasteiger partial charge in [-0.05, 0) is 139 Å². The van der Waals surface area contributed by atoms with Crippen LogP contribution in [0.2, 0.25) is 5.02 Å². The van der Waals surface area contributed by atoms with Gasteiger partial charge >= 0.3 is 18.1 Å². The number of fused-ring (bicyclic) bond motifs is 1. The first kappa shape index (κ1) is 98.3. The lowest BCUT2D eigenvalue weighted by Gasteiger charge is -2.31. The van der Waals surface area contributed by atoms with Crippen molar-refractivity contribution >= 4 is 128 Å². The Labute approximate surface area is 717 Å². The van der Waals surface area contributed by atoms with Crippen LogP contribution in [0.15, 0.2) is 140 Å². The molecule has 0 radical (unpaired) electrons. The van der Waals surface area contributed by atoms with E-state index in [0.29, 0.717) is 64.3 Å². The van der Waals surface area contributed by atoms with Gasteiger partial charge in [-0.1, -0.05) is 124 Å². The third-order valence-electron chi connectivity index (χ3n) is 19.8. The molecule has 6 aromatic rings. The standard InChI is InChI=1S/C83H104ClN17O16.C2HF3O2/c1-46(2)36-62(74(108)92-61(17-10-11-34-87-47(3)4)82(116)101-35-13-18-70(101)81(115)88-48(5)72(85)106)93-76(110)65(39-52-22-29-59(30-23-52)89-49(6)103)95-78(112)66(40-53-24-31-60(32-25-53)91-73(107)68-43-71(105)100-83(117)99-68)97-80(114)69(45-102)98-79(113)67(42-55-14-12-33-86-44-55)96-77(111)64(38-51-20-27-58(84)28-21-51)94-75(109)63(90-50(7)104)41-54-19-26-56-15-8-9-16-57(56)37-54;3-2(4,5)1(6)7/h8-9,12,14-16,19-33,37,44,46-48,61-70,87,102H,10-11,13,17-18,34-36,38-43,45H2,1-7H3,(H2,85,106)(H,88,115)(H,89,103)(H,90,104)(H,91,107)(H,92,108)(H,93,110)(H,94,109)(H,95,112)(H,96,111)(H,97,114)(H,98,113)(H2,99,100,105,117);(H,6,7)/t48-,61+,62+,63-,64-,65-,66+,67-,68-,69+,70+;/m1./s1. The van der Waals surface area contributed by atoms with Gasteiger partial charge in [-0.25, -0.2) is 9.59 Å². The van der Waals surface area contributed by atoms with E-state index in [9.17, 15) is 71.0 Å². The number of pyridine rings is 1. The minimum atomic E-state index is -5.19. The van der Waals surface area contributed by atoms with Crippen LogP contribution in [0.4, 0.5) is 29.3 Å². The van der Waals surface area contributed by atoms with Gasteiger partial charge in [-0.15, -0.1) is 0 Å². The number of aliphatic hydroxyl groups excluding tert-OH is 1. The molecule has 2 saturated heterocycles. The first-order chi connectivity index (χ1) is 58.7. The van der Waals surface area contributed by atoms with E-state index in [1.807, 2.05) is 56.3 Å². The van der Waals surface area contributed by atoms with Crippen LogP contribution < -0.4 is 85.3 Å². The fourth-order valence-electron chi connectivity index (χ4n) is 13.4. The number of quaternary nitrogens is 1. The monoisotopic (exact) mass is 1740 g/mol. The normalized spacial score (nSPS) is 15.9. The smallest absolute Gasteiger partial charge is 0.430 e. The second kappa shape index (κ2) is 47.6. The number of hydrogen-bond donors (Lipinski definition) is 16. The van der Waals surface area contributed by atoms with Crippen LogP contribution in [-0.4, -0.2) is 208 Å². The topological polar surface area (TPSA) is 529 Å². The summed E-state index contributed by atoms with van der Waals surface area (Å²) in [6, 6.07) is 18.9. The van der Waals surface area contributed by atoms with Crippen molar-refractivity contribution in [2.24, 2.45) is 5.92 Å². The molecule has 18 N–H and O–H groups in total. The average molecular weight is 1750 g/mol. The predicted molar refractivity (Wildman–Crippen MR) is 445 cm³/mol. The van der Waals surface area contributed by atoms with E-state index in [4.69, 9.17) is 21.5 Å². The summed E-state index contributed by atoms with van der Waals surface area (Å²) in [5.74, 6) is -13.9. The van der Waals surface area contributed by atoms with Gasteiger partial charge in [-0.2, -0.15) is 13.2 Å². The number of carbonyl (C=O) groups is 16. The maximum atomic E-state index is 15.5. The zero-order chi connectivity index (χ0) is 91.1. The predicted octanol–water partition coefficient (Wildman–Crippen LogP) is 0.564. The molecule has 11 atom stereocenters. The maximum absolute atomic E-state index is 15.5. The zero-order valence-electron chi connectivity index (χ0n) is 69.4. The third kappa shape index (κ3) is 32.2. The van der Waals surface area contributed by atoms with E-state index in [-0.39, 0.29) is 81.5 Å². The molecule has 1 aromatic heterocycles. The summed E-state index contributed by atoms with van der Waals surface area (Å²) in [6.07, 6.45) is -1.96. The fourth-order valence-corrected chi connectivity index (χ4v) is 13.6. The van der Waals surface area contributed by atoms with Crippen molar-refractivity contribution in [2.75, 3.05) is 30.3 Å². The molecule has 3 heterocycles. The van der Waals surface area contributed by atoms with Gasteiger partial charge in [0.2, 0.25) is 76.8 Å². The molecule has 0 bridgehead atoms. The number of carboxylic acids is 1. The van der Waals surface area contributed by atoms with Gasteiger partial charge in [0.15, 0.2) is 0 Å². The molecule has 5 aromatic carbocycles. The van der Waals surface area contributed by atoms with E-state index in [0.717, 1.165) is 10.8 Å². The van der Waals surface area contributed by atoms with E-state index >= 15 is 19.2 Å². The number of anilines is 2. The Morgan fingerprint density at radius 3 is 1.51 bits per heavy atom. The minimum Gasteiger partial charge on any atom is -0.542 e. The highest BCUT2D eigenvalue weighted by Gasteiger charge is 2.41. The number of benzene rings is 5. The number of urea groups is 1. The highest BCUT2D eigenvalue weighted by Crippen LogP contribution is 2.24. The van der Waals surface area contributed by atoms with Gasteiger partial charge in [0.05, 0.1) is 13.0 Å². The largest absolute Gasteiger partial charge is 0.542 e. The molecule has 0 unspecified atom stereocenters. The average Bonchev–Trinajstić information content (AvgIpc) is 1.79. The van der Waals surface area contributed by atoms with Crippen LogP contribution in [0.1, 0.15) is 121 Å². The first-order valence-corrected chi connectivity index (χ1v) is 40.6. The van der Waals surface area contributed by atoms with Gasteiger partial charge in [0, 0.05) is 87.3 Å². The molecule has 2 aliphatic rings. The van der Waals surface area contributed by atoms with E-state index in [1.54, 1.807) is 74.5 Å². The Bertz CT molecular complexity index is 4770. The molecule has 16 amide bonds. The Kier molecular flexibility index (Phi) is 37.7. The van der Waals surface area contributed by atoms with E-state index < -0.39 is 174 Å². The highest BCUT2D eigenvalue weighted by atomic mass is 35.5. The number of hydrogen-bond acceptors (Lipinski definition) is 20. The number of aromatic nitrogens is 1. The van der Waals surface area contributed by atoms with Crippen molar-refractivity contribution in [1.82, 2.24) is 73.7 Å². The molecule has 0 aliphatic carbocycles. The number of aliphatic carboxylic acids is 1. The molecule has 2 aliphatic heterocycles. The summed E-state index contributed by atoms with van der Waals surface area (Å²) >= 11 is 6.27. The number of nitrogens with one attached hydrogen (secondary N) is 14. The van der Waals surface area contributed by atoms with Crippen molar-refractivity contribution in [3.63, 3.8) is 0 Å². The summed E-state index contributed by atoms with van der Waals surface area (Å²) in [7, 11) is 0. The van der Waals surface area contributed by atoms with Crippen molar-refractivity contribution in [2.45, 2.75) is 204 Å². The van der Waals surface area contributed by atoms with Crippen molar-refractivity contribution in [3.05, 3.63) is 173 Å². The van der Waals surface area contributed by atoms with Crippen LogP contribution in [-0.2, 0) is 104 Å². The molecule has 0 saturated carbocycles. The third-order valence-corrected chi connectivity index (χ3v) is 20.0. The second-order valence-corrected chi connectivity index (χ2v) is 31.2. The summed E-state index contributed by atoms with van der Waals surface area (Å²) in [5.41, 5.74) is 6.29. The highest BCUT2D eigenvalue weighted by molar-refractivity contribution is 6.30. The fraction of sp³-hybridized carbons (Fsp3) is 0.424. The van der Waals surface area contributed by atoms with Gasteiger partial charge < -0.3 is 89.0 Å². The summed E-state index contributed by atoms with van der Waals surface area (Å²) in [4.78, 5) is 223.